The summed E-state index contributed by atoms with van der Waals surface area (Å²) >= 11 is 0. The smallest absolute Gasteiger partial charge is 0.103 e. The van der Waals surface area contributed by atoms with E-state index in [1.807, 2.05) is 0 Å². The van der Waals surface area contributed by atoms with Crippen LogP contribution in [-0.2, 0) is 0 Å². The van der Waals surface area contributed by atoms with Crippen molar-refractivity contribution in [2.24, 2.45) is 0 Å². The maximum Gasteiger partial charge on any atom is 0.103 e. The average molecular weight is 256 g/mol. The van der Waals surface area contributed by atoms with Crippen molar-refractivity contribution in [3.8, 4) is 0 Å². The van der Waals surface area contributed by atoms with E-state index < -0.39 is 0 Å². The van der Waals surface area contributed by atoms with E-state index in [9.17, 15) is 0 Å². The van der Waals surface area contributed by atoms with Gasteiger partial charge in [0.1, 0.15) is 11.0 Å². The molecule has 2 aromatic rings. The van der Waals surface area contributed by atoms with Crippen LogP contribution < -0.4 is 5.32 Å². The normalized spacial score (nSPS) is 25.4. The molecule has 1 aromatic carbocycles. The Labute approximate surface area is 104 Å². The largest absolute Gasteiger partial charge is 0.316 e. The van der Waals surface area contributed by atoms with Gasteiger partial charge in [-0.1, -0.05) is 0 Å². The highest BCUT2D eigenvalue weighted by Crippen LogP contribution is 2.44. The van der Waals surface area contributed by atoms with E-state index in [-0.39, 0.29) is 12.4 Å². The lowest BCUT2D eigenvalue weighted by molar-refractivity contribution is -0.0589. The molecule has 2 bridgehead atoms. The summed E-state index contributed by atoms with van der Waals surface area (Å²) in [4.78, 5) is 0. The first-order valence-electron chi connectivity index (χ1n) is 5.65. The summed E-state index contributed by atoms with van der Waals surface area (Å²) in [5, 5.41) is 9.02. The Bertz CT molecular complexity index is 529. The molecule has 5 nitrogen and oxygen atoms in total. The number of hydrogen-bond donors (Lipinski definition) is 3. The topological polar surface area (TPSA) is 69.9 Å². The Kier molecular flexibility index (Phi) is 2.45. The van der Waals surface area contributed by atoms with E-state index in [0.717, 1.165) is 24.1 Å². The van der Waals surface area contributed by atoms with Crippen LogP contribution in [0.5, 0.6) is 0 Å². The molecule has 1 fully saturated rings. The molecule has 1 aromatic heterocycles. The molecule has 2 aliphatic rings. The van der Waals surface area contributed by atoms with Gasteiger partial charge in [0.15, 0.2) is 0 Å². The second-order valence-corrected chi connectivity index (χ2v) is 4.69. The second-order valence-electron chi connectivity index (χ2n) is 4.69. The van der Waals surface area contributed by atoms with Crippen molar-refractivity contribution in [2.45, 2.75) is 18.3 Å². The van der Waals surface area contributed by atoms with Gasteiger partial charge in [0.05, 0.1) is 0 Å². The number of aromatic nitrogens is 2. The van der Waals surface area contributed by atoms with Gasteiger partial charge in [-0.2, -0.15) is 19.7 Å². The summed E-state index contributed by atoms with van der Waals surface area (Å²) in [6.45, 7) is 2.18. The van der Waals surface area contributed by atoms with Crippen molar-refractivity contribution in [2.75, 3.05) is 13.1 Å². The summed E-state index contributed by atoms with van der Waals surface area (Å²) in [6.07, 6.45) is 1.27. The van der Waals surface area contributed by atoms with Crippen molar-refractivity contribution in [1.82, 2.24) is 15.6 Å². The molecule has 1 aliphatic carbocycles. The lowest BCUT2D eigenvalue weighted by Gasteiger charge is -2.19. The lowest BCUT2D eigenvalue weighted by atomic mass is 9.98. The van der Waals surface area contributed by atoms with Gasteiger partial charge in [-0.25, -0.2) is 0 Å². The zero-order valence-corrected chi connectivity index (χ0v) is 9.97. The fraction of sp³-hybridized carbons (Fsp3) is 0.455. The van der Waals surface area contributed by atoms with Gasteiger partial charge in [0.25, 0.3) is 0 Å². The third-order valence-electron chi connectivity index (χ3n) is 3.80. The predicted molar refractivity (Wildman–Crippen MR) is 65.0 cm³/mol. The molecule has 0 saturated carbocycles. The van der Waals surface area contributed by atoms with E-state index in [4.69, 9.17) is 9.36 Å². The van der Waals surface area contributed by atoms with Crippen LogP contribution >= 0.6 is 12.4 Å². The molecule has 1 aliphatic heterocycles. The molecule has 3 N–H and O–H groups in total. The number of halogens is 1. The maximum absolute atomic E-state index is 4.69. The van der Waals surface area contributed by atoms with Crippen LogP contribution in [0.15, 0.2) is 21.5 Å². The standard InChI is InChI=1S/C11H13N3O2.ClH/c1-6-4-12-5-7(1)9-3-11-10(2-8(6)9)13-15-16-14-11;/h2-3,6-7,12-14H,1,4-5H2;1H. The highest BCUT2D eigenvalue weighted by atomic mass is 35.5. The molecule has 2 unspecified atom stereocenters. The lowest BCUT2D eigenvalue weighted by Crippen LogP contribution is -2.28. The van der Waals surface area contributed by atoms with E-state index in [2.05, 4.69) is 27.8 Å². The third-order valence-corrected chi connectivity index (χ3v) is 3.80. The van der Waals surface area contributed by atoms with Crippen LogP contribution in [0.2, 0.25) is 0 Å². The first-order valence-corrected chi connectivity index (χ1v) is 5.65. The Hall–Kier alpha value is -1.33. The van der Waals surface area contributed by atoms with Crippen molar-refractivity contribution in [1.29, 1.82) is 0 Å². The molecule has 4 rings (SSSR count). The quantitative estimate of drug-likeness (QED) is 0.633. The second kappa shape index (κ2) is 3.85. The minimum absolute atomic E-state index is 0. The zero-order chi connectivity index (χ0) is 10.5. The summed E-state index contributed by atoms with van der Waals surface area (Å²) in [5.41, 5.74) is 4.82. The molecule has 0 spiro atoms. The molecule has 6 heteroatoms. The molecular formula is C11H14ClN3O2. The van der Waals surface area contributed by atoms with Gasteiger partial charge in [-0.15, -0.1) is 12.4 Å². The van der Waals surface area contributed by atoms with Gasteiger partial charge >= 0.3 is 0 Å². The van der Waals surface area contributed by atoms with Crippen LogP contribution in [0.3, 0.4) is 0 Å². The first kappa shape index (κ1) is 10.8. The van der Waals surface area contributed by atoms with Crippen LogP contribution in [0.4, 0.5) is 0 Å². The highest BCUT2D eigenvalue weighted by molar-refractivity contribution is 5.85. The Balaban J connectivity index is 0.000000902. The fourth-order valence-corrected chi connectivity index (χ4v) is 3.06. The third kappa shape index (κ3) is 1.50. The van der Waals surface area contributed by atoms with Crippen molar-refractivity contribution < 1.29 is 9.36 Å². The number of rotatable bonds is 0. The Morgan fingerprint density at radius 1 is 0.941 bits per heavy atom. The van der Waals surface area contributed by atoms with E-state index in [1.165, 1.54) is 17.5 Å². The van der Waals surface area contributed by atoms with E-state index >= 15 is 0 Å². The minimum Gasteiger partial charge on any atom is -0.316 e. The highest BCUT2D eigenvalue weighted by Gasteiger charge is 2.34. The van der Waals surface area contributed by atoms with Crippen LogP contribution in [-0.4, -0.2) is 23.4 Å². The molecule has 1 saturated heterocycles. The molecule has 17 heavy (non-hydrogen) atoms. The number of aromatic amines is 2. The van der Waals surface area contributed by atoms with Gasteiger partial charge in [0, 0.05) is 13.1 Å². The summed E-state index contributed by atoms with van der Waals surface area (Å²) in [6, 6.07) is 4.36. The predicted octanol–water partition coefficient (Wildman–Crippen LogP) is 2.40. The van der Waals surface area contributed by atoms with Crippen molar-refractivity contribution >= 4 is 23.4 Å². The van der Waals surface area contributed by atoms with Gasteiger partial charge in [0.2, 0.25) is 0 Å². The fourth-order valence-electron chi connectivity index (χ4n) is 3.06. The van der Waals surface area contributed by atoms with Crippen LogP contribution in [0.1, 0.15) is 29.4 Å². The minimum atomic E-state index is 0. The maximum atomic E-state index is 4.69. The number of hydrogen-bond acceptors (Lipinski definition) is 3. The molecular weight excluding hydrogens is 242 g/mol. The monoisotopic (exact) mass is 255 g/mol. The average Bonchev–Trinajstić information content (AvgIpc) is 2.59. The number of nitrogens with one attached hydrogen (secondary N) is 3. The van der Waals surface area contributed by atoms with Gasteiger partial charge in [-0.05, 0) is 41.5 Å². The van der Waals surface area contributed by atoms with Crippen LogP contribution in [0, 0.1) is 0 Å². The zero-order valence-electron chi connectivity index (χ0n) is 9.16. The number of H-pyrrole nitrogens is 2. The summed E-state index contributed by atoms with van der Waals surface area (Å²) < 4.78 is 9.38. The number of piperidine rings is 1. The molecule has 92 valence electrons. The van der Waals surface area contributed by atoms with Crippen molar-refractivity contribution in [3.05, 3.63) is 23.3 Å². The summed E-state index contributed by atoms with van der Waals surface area (Å²) in [5.74, 6) is 1.31. The number of benzene rings is 1. The van der Waals surface area contributed by atoms with Gasteiger partial charge < -0.3 is 5.32 Å². The molecule has 0 amide bonds. The Morgan fingerprint density at radius 3 is 2.00 bits per heavy atom. The van der Waals surface area contributed by atoms with Gasteiger partial charge in [-0.3, -0.25) is 0 Å². The van der Waals surface area contributed by atoms with Crippen molar-refractivity contribution in [3.63, 3.8) is 0 Å². The van der Waals surface area contributed by atoms with Crippen LogP contribution in [0.25, 0.3) is 11.0 Å². The molecule has 2 atom stereocenters. The first-order chi connectivity index (χ1) is 7.92. The summed E-state index contributed by atoms with van der Waals surface area (Å²) in [7, 11) is 0. The SMILES string of the molecule is Cl.c1c2c(cc3[nH]oo[nH]c13)C1CNCC2C1. The van der Waals surface area contributed by atoms with E-state index in [1.54, 1.807) is 0 Å². The number of fused-ring (bicyclic) bond motifs is 6. The molecule has 0 radical (unpaired) electrons. The Morgan fingerprint density at radius 2 is 1.47 bits per heavy atom. The molecule has 2 heterocycles. The van der Waals surface area contributed by atoms with E-state index in [0.29, 0.717) is 11.8 Å².